The van der Waals surface area contributed by atoms with Gasteiger partial charge in [0.2, 0.25) is 11.8 Å². The van der Waals surface area contributed by atoms with Gasteiger partial charge in [0.05, 0.1) is 12.1 Å². The van der Waals surface area contributed by atoms with Gasteiger partial charge < -0.3 is 15.3 Å². The fraction of sp³-hybridized carbons (Fsp3) is 0.167. The number of anilines is 1. The van der Waals surface area contributed by atoms with Crippen molar-refractivity contribution in [3.05, 3.63) is 113 Å². The molecular weight excluding hydrogens is 518 g/mol. The van der Waals surface area contributed by atoms with Gasteiger partial charge in [-0.15, -0.1) is 11.8 Å². The molecule has 5 rings (SSSR count). The van der Waals surface area contributed by atoms with Crippen LogP contribution in [0.15, 0.2) is 97.3 Å². The Bertz CT molecular complexity index is 1410. The number of carbonyl (C=O) groups is 2. The Morgan fingerprint density at radius 2 is 1.74 bits per heavy atom. The van der Waals surface area contributed by atoms with E-state index in [1.807, 2.05) is 66.9 Å². The molecule has 0 bridgehead atoms. The molecule has 3 aromatic carbocycles. The van der Waals surface area contributed by atoms with Crippen LogP contribution in [0.25, 0.3) is 11.1 Å². The first-order chi connectivity index (χ1) is 18.4. The molecule has 1 fully saturated rings. The van der Waals surface area contributed by atoms with Crippen molar-refractivity contribution in [1.82, 2.24) is 10.3 Å². The molecule has 0 aliphatic carbocycles. The van der Waals surface area contributed by atoms with E-state index in [0.29, 0.717) is 10.8 Å². The third-order valence-corrected chi connectivity index (χ3v) is 8.11. The van der Waals surface area contributed by atoms with E-state index in [1.54, 1.807) is 35.4 Å². The number of hydrogen-bond acceptors (Lipinski definition) is 5. The molecule has 1 aromatic heterocycles. The molecule has 0 spiro atoms. The van der Waals surface area contributed by atoms with E-state index < -0.39 is 0 Å². The van der Waals surface area contributed by atoms with Crippen LogP contribution in [0.2, 0.25) is 5.02 Å². The molecule has 38 heavy (non-hydrogen) atoms. The highest BCUT2D eigenvalue weighted by Gasteiger charge is 2.49. The number of nitrogens with one attached hydrogen (secondary N) is 1. The number of pyridine rings is 1. The standard InChI is InChI=1S/C30H26ClN3O3S/c1-19(35)33-27(21-4-10-24(31)11-5-21)18-38-29-28(22-8-14-26(36)15-9-22)34(30(29)37)25-12-6-20(7-13-25)23-3-2-16-32-17-23/h2-17,27-29,36H,18H2,1H3,(H,33,35)/t27-,28-,29+/m0/s1. The molecular formula is C30H26ClN3O3S. The summed E-state index contributed by atoms with van der Waals surface area (Å²) in [6.45, 7) is 1.48. The minimum absolute atomic E-state index is 0.000107. The second-order valence-corrected chi connectivity index (χ2v) is 10.7. The summed E-state index contributed by atoms with van der Waals surface area (Å²) in [5.41, 5.74) is 4.67. The zero-order valence-electron chi connectivity index (χ0n) is 20.6. The Balaban J connectivity index is 1.39. The van der Waals surface area contributed by atoms with Crippen LogP contribution in [0.5, 0.6) is 5.75 Å². The number of aromatic nitrogens is 1. The highest BCUT2D eigenvalue weighted by atomic mass is 35.5. The second kappa shape index (κ2) is 11.3. The van der Waals surface area contributed by atoms with Gasteiger partial charge in [-0.05, 0) is 64.7 Å². The van der Waals surface area contributed by atoms with Crippen molar-refractivity contribution in [3.8, 4) is 16.9 Å². The molecule has 2 heterocycles. The van der Waals surface area contributed by atoms with Crippen LogP contribution in [-0.4, -0.2) is 32.9 Å². The summed E-state index contributed by atoms with van der Waals surface area (Å²) in [6, 6.07) is 25.6. The van der Waals surface area contributed by atoms with Gasteiger partial charge in [0.25, 0.3) is 0 Å². The number of phenols is 1. The highest BCUT2D eigenvalue weighted by Crippen LogP contribution is 2.46. The Kier molecular flexibility index (Phi) is 7.67. The number of thioether (sulfide) groups is 1. The lowest BCUT2D eigenvalue weighted by molar-refractivity contribution is -0.123. The predicted molar refractivity (Wildman–Crippen MR) is 152 cm³/mol. The van der Waals surface area contributed by atoms with Gasteiger partial charge in [-0.2, -0.15) is 0 Å². The molecule has 1 aliphatic heterocycles. The number of amides is 2. The topological polar surface area (TPSA) is 82.5 Å². The maximum Gasteiger partial charge on any atom is 0.243 e. The average Bonchev–Trinajstić information content (AvgIpc) is 2.93. The first-order valence-electron chi connectivity index (χ1n) is 12.2. The Morgan fingerprint density at radius 3 is 2.37 bits per heavy atom. The smallest absolute Gasteiger partial charge is 0.243 e. The molecule has 3 atom stereocenters. The summed E-state index contributed by atoms with van der Waals surface area (Å²) in [5.74, 6) is 0.542. The summed E-state index contributed by atoms with van der Waals surface area (Å²) < 4.78 is 0. The first kappa shape index (κ1) is 25.8. The van der Waals surface area contributed by atoms with Crippen LogP contribution < -0.4 is 10.2 Å². The van der Waals surface area contributed by atoms with Crippen LogP contribution in [0, 0.1) is 0 Å². The van der Waals surface area contributed by atoms with Gasteiger partial charge in [-0.25, -0.2) is 0 Å². The number of β-lactam (4-membered cyclic amide) rings is 1. The van der Waals surface area contributed by atoms with Crippen LogP contribution in [0.4, 0.5) is 5.69 Å². The van der Waals surface area contributed by atoms with E-state index in [2.05, 4.69) is 10.3 Å². The molecule has 0 unspecified atom stereocenters. The zero-order chi connectivity index (χ0) is 26.6. The molecule has 0 radical (unpaired) electrons. The zero-order valence-corrected chi connectivity index (χ0v) is 22.2. The van der Waals surface area contributed by atoms with E-state index in [-0.39, 0.29) is 34.9 Å². The highest BCUT2D eigenvalue weighted by molar-refractivity contribution is 8.00. The Hall–Kier alpha value is -3.81. The van der Waals surface area contributed by atoms with Gasteiger partial charge in [-0.1, -0.05) is 54.1 Å². The van der Waals surface area contributed by atoms with Crippen molar-refractivity contribution in [2.75, 3.05) is 10.7 Å². The number of benzene rings is 3. The number of aromatic hydroxyl groups is 1. The lowest BCUT2D eigenvalue weighted by Gasteiger charge is -2.47. The monoisotopic (exact) mass is 543 g/mol. The van der Waals surface area contributed by atoms with Crippen LogP contribution in [-0.2, 0) is 9.59 Å². The van der Waals surface area contributed by atoms with Crippen molar-refractivity contribution in [1.29, 1.82) is 0 Å². The third kappa shape index (κ3) is 5.54. The fourth-order valence-electron chi connectivity index (χ4n) is 4.62. The van der Waals surface area contributed by atoms with Crippen molar-refractivity contribution in [3.63, 3.8) is 0 Å². The SMILES string of the molecule is CC(=O)N[C@@H](CS[C@H]1C(=O)N(c2ccc(-c3cccnc3)cc2)[C@H]1c1ccc(O)cc1)c1ccc(Cl)cc1. The van der Waals surface area contributed by atoms with Gasteiger partial charge >= 0.3 is 0 Å². The normalized spacial score (nSPS) is 17.5. The quantitative estimate of drug-likeness (QED) is 0.259. The van der Waals surface area contributed by atoms with Crippen LogP contribution >= 0.6 is 23.4 Å². The van der Waals surface area contributed by atoms with E-state index >= 15 is 0 Å². The van der Waals surface area contributed by atoms with Gasteiger partial charge in [0.15, 0.2) is 0 Å². The molecule has 2 N–H and O–H groups in total. The third-order valence-electron chi connectivity index (χ3n) is 6.51. The molecule has 192 valence electrons. The summed E-state index contributed by atoms with van der Waals surface area (Å²) in [4.78, 5) is 31.4. The summed E-state index contributed by atoms with van der Waals surface area (Å²) in [6.07, 6.45) is 3.54. The maximum absolute atomic E-state index is 13.5. The first-order valence-corrected chi connectivity index (χ1v) is 13.6. The lowest BCUT2D eigenvalue weighted by atomic mass is 9.92. The fourth-order valence-corrected chi connectivity index (χ4v) is 6.14. The molecule has 1 saturated heterocycles. The Labute approximate surface area is 230 Å². The number of hydrogen-bond donors (Lipinski definition) is 2. The van der Waals surface area contributed by atoms with E-state index in [0.717, 1.165) is 27.9 Å². The van der Waals surface area contributed by atoms with Crippen molar-refractivity contribution in [2.24, 2.45) is 0 Å². The van der Waals surface area contributed by atoms with Crippen molar-refractivity contribution in [2.45, 2.75) is 24.3 Å². The van der Waals surface area contributed by atoms with Gasteiger partial charge in [0, 0.05) is 35.8 Å². The van der Waals surface area contributed by atoms with Crippen LogP contribution in [0.3, 0.4) is 0 Å². The summed E-state index contributed by atoms with van der Waals surface area (Å²) in [5, 5.41) is 13.1. The second-order valence-electron chi connectivity index (χ2n) is 9.09. The molecule has 0 saturated carbocycles. The number of carbonyl (C=O) groups excluding carboxylic acids is 2. The van der Waals surface area contributed by atoms with E-state index in [1.165, 1.54) is 18.7 Å². The number of nitrogens with zero attached hydrogens (tertiary/aromatic N) is 2. The number of halogens is 1. The molecule has 2 amide bonds. The number of rotatable bonds is 8. The lowest BCUT2D eigenvalue weighted by Crippen LogP contribution is -2.58. The average molecular weight is 544 g/mol. The Morgan fingerprint density at radius 1 is 1.03 bits per heavy atom. The molecule has 1 aliphatic rings. The van der Waals surface area contributed by atoms with Crippen molar-refractivity contribution >= 4 is 40.9 Å². The van der Waals surface area contributed by atoms with Gasteiger partial charge in [-0.3, -0.25) is 14.6 Å². The van der Waals surface area contributed by atoms with Crippen LogP contribution in [0.1, 0.15) is 30.1 Å². The van der Waals surface area contributed by atoms with Gasteiger partial charge in [0.1, 0.15) is 11.0 Å². The van der Waals surface area contributed by atoms with E-state index in [4.69, 9.17) is 11.6 Å². The molecule has 4 aromatic rings. The number of phenolic OH excluding ortho intramolecular Hbond substituents is 1. The summed E-state index contributed by atoms with van der Waals surface area (Å²) in [7, 11) is 0. The largest absolute Gasteiger partial charge is 0.508 e. The minimum Gasteiger partial charge on any atom is -0.508 e. The maximum atomic E-state index is 13.5. The minimum atomic E-state index is -0.346. The molecule has 6 nitrogen and oxygen atoms in total. The summed E-state index contributed by atoms with van der Waals surface area (Å²) >= 11 is 7.57. The predicted octanol–water partition coefficient (Wildman–Crippen LogP) is 6.17. The van der Waals surface area contributed by atoms with Crippen molar-refractivity contribution < 1.29 is 14.7 Å². The molecule has 8 heteroatoms. The van der Waals surface area contributed by atoms with E-state index in [9.17, 15) is 14.7 Å².